The molecule has 0 saturated carbocycles. The van der Waals surface area contributed by atoms with Gasteiger partial charge in [-0.1, -0.05) is 66.7 Å². The molecule has 5 rings (SSSR count). The topological polar surface area (TPSA) is 197 Å². The van der Waals surface area contributed by atoms with Gasteiger partial charge in [-0.2, -0.15) is 0 Å². The minimum Gasteiger partial charge on any atom is -0.493 e. The SMILES string of the molecule is CC(=O)N[C@@H](Cc1ccc(N(C(=O)C(=O)O)c2ccccc2C(=O)O)c2ccccc12)C(=O)OCCCCCOc1cc2ccccc2cc1C(=O)O. The van der Waals surface area contributed by atoms with Gasteiger partial charge in [0.15, 0.2) is 0 Å². The molecular weight excluding hydrogens is 684 g/mol. The molecule has 0 bridgehead atoms. The molecule has 0 saturated heterocycles. The second-order valence-electron chi connectivity index (χ2n) is 12.1. The van der Waals surface area contributed by atoms with Crippen LogP contribution in [0, 0.1) is 0 Å². The van der Waals surface area contributed by atoms with Crippen LogP contribution in [0.2, 0.25) is 0 Å². The molecule has 2 amide bonds. The number of nitrogens with zero attached hydrogens (tertiary/aromatic N) is 1. The molecule has 53 heavy (non-hydrogen) atoms. The van der Waals surface area contributed by atoms with Gasteiger partial charge in [0.1, 0.15) is 17.4 Å². The number of carboxylic acids is 3. The number of aliphatic carboxylic acids is 1. The van der Waals surface area contributed by atoms with E-state index >= 15 is 0 Å². The highest BCUT2D eigenvalue weighted by molar-refractivity contribution is 6.40. The highest BCUT2D eigenvalue weighted by Gasteiger charge is 2.30. The van der Waals surface area contributed by atoms with Gasteiger partial charge < -0.3 is 30.1 Å². The molecule has 0 heterocycles. The minimum atomic E-state index is -1.79. The fraction of sp³-hybridized carbons (Fsp3) is 0.200. The fourth-order valence-electron chi connectivity index (χ4n) is 6.01. The van der Waals surface area contributed by atoms with Gasteiger partial charge >= 0.3 is 29.8 Å². The molecule has 0 unspecified atom stereocenters. The Morgan fingerprint density at radius 3 is 1.98 bits per heavy atom. The summed E-state index contributed by atoms with van der Waals surface area (Å²) in [6, 6.07) is 24.9. The predicted molar refractivity (Wildman–Crippen MR) is 195 cm³/mol. The Morgan fingerprint density at radius 1 is 0.679 bits per heavy atom. The molecule has 5 aromatic rings. The summed E-state index contributed by atoms with van der Waals surface area (Å²) in [7, 11) is 0. The number of carbonyl (C=O) groups excluding carboxylic acids is 3. The largest absolute Gasteiger partial charge is 0.493 e. The van der Waals surface area contributed by atoms with Crippen LogP contribution in [0.15, 0.2) is 97.1 Å². The number of benzene rings is 5. The van der Waals surface area contributed by atoms with Crippen molar-refractivity contribution in [2.24, 2.45) is 0 Å². The average molecular weight is 721 g/mol. The van der Waals surface area contributed by atoms with Crippen LogP contribution < -0.4 is 15.0 Å². The van der Waals surface area contributed by atoms with Crippen LogP contribution in [0.4, 0.5) is 11.4 Å². The molecule has 13 heteroatoms. The van der Waals surface area contributed by atoms with E-state index in [0.717, 1.165) is 15.7 Å². The Balaban J connectivity index is 1.26. The Labute approximate surface area is 303 Å². The van der Waals surface area contributed by atoms with Crippen molar-refractivity contribution in [3.63, 3.8) is 0 Å². The zero-order valence-corrected chi connectivity index (χ0v) is 28.6. The third-order valence-corrected chi connectivity index (χ3v) is 8.45. The van der Waals surface area contributed by atoms with Gasteiger partial charge in [-0.25, -0.2) is 19.2 Å². The van der Waals surface area contributed by atoms with Crippen molar-refractivity contribution in [1.29, 1.82) is 0 Å². The number of aromatic carboxylic acids is 2. The molecule has 0 aliphatic rings. The molecule has 0 aromatic heterocycles. The molecule has 4 N–H and O–H groups in total. The van der Waals surface area contributed by atoms with Crippen molar-refractivity contribution in [1.82, 2.24) is 5.32 Å². The number of unbranched alkanes of at least 4 members (excludes halogenated alkanes) is 2. The number of para-hydroxylation sites is 1. The molecule has 1 atom stereocenters. The second kappa shape index (κ2) is 17.0. The summed E-state index contributed by atoms with van der Waals surface area (Å²) in [5.74, 6) is -6.49. The molecule has 0 spiro atoms. The van der Waals surface area contributed by atoms with Crippen LogP contribution >= 0.6 is 0 Å². The van der Waals surface area contributed by atoms with E-state index in [0.29, 0.717) is 35.6 Å². The first-order valence-electron chi connectivity index (χ1n) is 16.7. The van der Waals surface area contributed by atoms with Crippen molar-refractivity contribution in [2.45, 2.75) is 38.6 Å². The third kappa shape index (κ3) is 8.95. The van der Waals surface area contributed by atoms with E-state index in [4.69, 9.17) is 9.47 Å². The lowest BCUT2D eigenvalue weighted by Gasteiger charge is -2.25. The third-order valence-electron chi connectivity index (χ3n) is 8.45. The quantitative estimate of drug-likeness (QED) is 0.0564. The first kappa shape index (κ1) is 37.5. The van der Waals surface area contributed by atoms with Crippen LogP contribution in [0.5, 0.6) is 5.75 Å². The van der Waals surface area contributed by atoms with Crippen molar-refractivity contribution >= 4 is 68.6 Å². The van der Waals surface area contributed by atoms with E-state index in [1.54, 1.807) is 42.5 Å². The number of carboxylic acid groups (broad SMARTS) is 3. The summed E-state index contributed by atoms with van der Waals surface area (Å²) in [6.45, 7) is 1.57. The van der Waals surface area contributed by atoms with E-state index in [9.17, 15) is 44.1 Å². The number of amides is 2. The lowest BCUT2D eigenvalue weighted by atomic mass is 9.96. The average Bonchev–Trinajstić information content (AvgIpc) is 3.14. The lowest BCUT2D eigenvalue weighted by Crippen LogP contribution is -2.42. The maximum Gasteiger partial charge on any atom is 0.395 e. The van der Waals surface area contributed by atoms with E-state index in [-0.39, 0.29) is 47.9 Å². The highest BCUT2D eigenvalue weighted by Crippen LogP contribution is 2.36. The summed E-state index contributed by atoms with van der Waals surface area (Å²) in [5, 5.41) is 34.3. The lowest BCUT2D eigenvalue weighted by molar-refractivity contribution is -0.148. The van der Waals surface area contributed by atoms with Gasteiger partial charge in [0, 0.05) is 18.7 Å². The standard InChI is InChI=1S/C40H36N2O11/c1-24(43)41-32(40(51)53-20-10-2-9-19-52-35-23-26-12-4-3-11-25(26)21-31(35)38(47)48)22-27-17-18-34(29-14-6-5-13-28(27)29)42(36(44)39(49)50)33-16-8-7-15-30(33)37(45)46/h3-8,11-18,21,23,32H,2,9-10,19-20,22H2,1H3,(H,41,43)(H,45,46)(H,47,48)(H,49,50)/t32-/m0/s1. The van der Waals surface area contributed by atoms with Crippen LogP contribution in [-0.2, 0) is 30.3 Å². The van der Waals surface area contributed by atoms with Crippen molar-refractivity contribution in [3.8, 4) is 5.75 Å². The van der Waals surface area contributed by atoms with Crippen LogP contribution in [0.25, 0.3) is 21.5 Å². The smallest absolute Gasteiger partial charge is 0.395 e. The monoisotopic (exact) mass is 720 g/mol. The molecule has 0 aliphatic heterocycles. The van der Waals surface area contributed by atoms with E-state index in [1.165, 1.54) is 37.3 Å². The maximum absolute atomic E-state index is 13.2. The molecule has 272 valence electrons. The molecule has 0 fully saturated rings. The number of anilines is 2. The van der Waals surface area contributed by atoms with Gasteiger partial charge in [0.2, 0.25) is 5.91 Å². The predicted octanol–water partition coefficient (Wildman–Crippen LogP) is 5.98. The summed E-state index contributed by atoms with van der Waals surface area (Å²) in [4.78, 5) is 75.0. The number of hydrogen-bond donors (Lipinski definition) is 4. The Kier molecular flexibility index (Phi) is 12.0. The van der Waals surface area contributed by atoms with Crippen LogP contribution in [0.1, 0.15) is 52.5 Å². The van der Waals surface area contributed by atoms with Crippen molar-refractivity contribution < 1.29 is 53.6 Å². The number of fused-ring (bicyclic) bond motifs is 2. The summed E-state index contributed by atoms with van der Waals surface area (Å²) >= 11 is 0. The summed E-state index contributed by atoms with van der Waals surface area (Å²) in [5.41, 5.74) is 0.316. The number of carbonyl (C=O) groups is 6. The number of rotatable bonds is 15. The number of ether oxygens (including phenoxy) is 2. The zero-order chi connectivity index (χ0) is 38.1. The van der Waals surface area contributed by atoms with E-state index in [2.05, 4.69) is 5.32 Å². The summed E-state index contributed by atoms with van der Waals surface area (Å²) in [6.07, 6.45) is 1.64. The Morgan fingerprint density at radius 2 is 1.30 bits per heavy atom. The van der Waals surface area contributed by atoms with Gasteiger partial charge in [-0.05, 0) is 71.3 Å². The molecule has 0 radical (unpaired) electrons. The van der Waals surface area contributed by atoms with Gasteiger partial charge in [0.05, 0.1) is 30.2 Å². The Hall–Kier alpha value is -6.76. The number of hydrogen-bond acceptors (Lipinski definition) is 8. The second-order valence-corrected chi connectivity index (χ2v) is 12.1. The Bertz CT molecular complexity index is 2210. The van der Waals surface area contributed by atoms with Gasteiger partial charge in [-0.3, -0.25) is 14.5 Å². The minimum absolute atomic E-state index is 0.0106. The van der Waals surface area contributed by atoms with Crippen molar-refractivity contribution in [3.05, 3.63) is 114 Å². The van der Waals surface area contributed by atoms with Gasteiger partial charge in [0.25, 0.3) is 0 Å². The summed E-state index contributed by atoms with van der Waals surface area (Å²) < 4.78 is 11.3. The highest BCUT2D eigenvalue weighted by atomic mass is 16.5. The van der Waals surface area contributed by atoms with Gasteiger partial charge in [-0.15, -0.1) is 0 Å². The van der Waals surface area contributed by atoms with Crippen molar-refractivity contribution in [2.75, 3.05) is 18.1 Å². The first-order valence-corrected chi connectivity index (χ1v) is 16.7. The van der Waals surface area contributed by atoms with E-state index < -0.39 is 41.7 Å². The van der Waals surface area contributed by atoms with E-state index in [1.807, 2.05) is 24.3 Å². The molecule has 5 aromatic carbocycles. The van der Waals surface area contributed by atoms with Crippen LogP contribution in [0.3, 0.4) is 0 Å². The maximum atomic E-state index is 13.2. The number of nitrogens with one attached hydrogen (secondary N) is 1. The normalized spacial score (nSPS) is 11.4. The molecule has 0 aliphatic carbocycles. The zero-order valence-electron chi connectivity index (χ0n) is 28.6. The first-order chi connectivity index (χ1) is 25.5. The van der Waals surface area contributed by atoms with Crippen LogP contribution in [-0.4, -0.2) is 70.3 Å². The molecular formula is C40H36N2O11. The fourth-order valence-corrected chi connectivity index (χ4v) is 6.01. The number of esters is 1. The molecule has 13 nitrogen and oxygen atoms in total.